The summed E-state index contributed by atoms with van der Waals surface area (Å²) >= 11 is 0. The van der Waals surface area contributed by atoms with E-state index in [1.807, 2.05) is 18.2 Å². The van der Waals surface area contributed by atoms with Crippen molar-refractivity contribution in [1.29, 1.82) is 0 Å². The minimum atomic E-state index is 0.0546. The van der Waals surface area contributed by atoms with Crippen molar-refractivity contribution in [2.24, 2.45) is 0 Å². The van der Waals surface area contributed by atoms with Crippen molar-refractivity contribution in [3.8, 4) is 0 Å². The number of rotatable bonds is 4. The average Bonchev–Trinajstić information content (AvgIpc) is 2.38. The molecule has 0 amide bonds. The van der Waals surface area contributed by atoms with Crippen LogP contribution in [-0.4, -0.2) is 25.6 Å². The molecule has 0 spiro atoms. The summed E-state index contributed by atoms with van der Waals surface area (Å²) in [6.45, 7) is 3.75. The molecule has 16 heavy (non-hydrogen) atoms. The summed E-state index contributed by atoms with van der Waals surface area (Å²) in [6, 6.07) is 10.2. The van der Waals surface area contributed by atoms with Crippen molar-refractivity contribution in [2.45, 2.75) is 32.2 Å². The van der Waals surface area contributed by atoms with E-state index in [0.29, 0.717) is 20.0 Å². The van der Waals surface area contributed by atoms with Crippen LogP contribution >= 0.6 is 0 Å². The van der Waals surface area contributed by atoms with Crippen LogP contribution in [0.3, 0.4) is 0 Å². The number of benzene rings is 1. The molecule has 0 bridgehead atoms. The summed E-state index contributed by atoms with van der Waals surface area (Å²) in [4.78, 5) is 0. The van der Waals surface area contributed by atoms with E-state index in [9.17, 15) is 0 Å². The molecule has 1 aromatic carbocycles. The smallest absolute Gasteiger partial charge is 0.147 e. The van der Waals surface area contributed by atoms with Crippen LogP contribution < -0.4 is 0 Å². The van der Waals surface area contributed by atoms with Gasteiger partial charge in [-0.05, 0) is 12.0 Å². The Kier molecular flexibility index (Phi) is 4.34. The maximum atomic E-state index is 5.82. The molecule has 1 aromatic rings. The summed E-state index contributed by atoms with van der Waals surface area (Å²) < 4.78 is 16.6. The first-order valence-electron chi connectivity index (χ1n) is 5.75. The summed E-state index contributed by atoms with van der Waals surface area (Å²) in [5.74, 6) is 0. The lowest BCUT2D eigenvalue weighted by Gasteiger charge is -2.30. The van der Waals surface area contributed by atoms with Gasteiger partial charge in [-0.25, -0.2) is 0 Å². The lowest BCUT2D eigenvalue weighted by molar-refractivity contribution is -0.211. The van der Waals surface area contributed by atoms with Crippen LogP contribution in [-0.2, 0) is 20.8 Å². The fraction of sp³-hybridized carbons (Fsp3) is 0.538. The highest BCUT2D eigenvalue weighted by atomic mass is 16.7. The molecule has 88 valence electrons. The molecule has 0 saturated carbocycles. The van der Waals surface area contributed by atoms with E-state index in [0.717, 1.165) is 6.42 Å². The van der Waals surface area contributed by atoms with Crippen molar-refractivity contribution in [3.05, 3.63) is 35.9 Å². The second-order valence-electron chi connectivity index (χ2n) is 3.94. The molecule has 3 heteroatoms. The average molecular weight is 222 g/mol. The molecule has 1 aliphatic rings. The molecule has 1 saturated heterocycles. The summed E-state index contributed by atoms with van der Waals surface area (Å²) in [5, 5.41) is 0. The number of hydrogen-bond donors (Lipinski definition) is 0. The van der Waals surface area contributed by atoms with Gasteiger partial charge in [0.1, 0.15) is 12.9 Å². The Balaban J connectivity index is 1.84. The fourth-order valence-corrected chi connectivity index (χ4v) is 1.83. The van der Waals surface area contributed by atoms with Crippen molar-refractivity contribution >= 4 is 0 Å². The minimum absolute atomic E-state index is 0.0546. The molecule has 3 nitrogen and oxygen atoms in total. The van der Waals surface area contributed by atoms with E-state index >= 15 is 0 Å². The van der Waals surface area contributed by atoms with E-state index in [1.54, 1.807) is 0 Å². The van der Waals surface area contributed by atoms with Crippen LogP contribution in [0.1, 0.15) is 18.9 Å². The van der Waals surface area contributed by atoms with E-state index in [-0.39, 0.29) is 12.2 Å². The molecule has 0 aliphatic carbocycles. The molecular weight excluding hydrogens is 204 g/mol. The zero-order valence-electron chi connectivity index (χ0n) is 9.59. The molecule has 1 heterocycles. The van der Waals surface area contributed by atoms with Crippen molar-refractivity contribution in [1.82, 2.24) is 0 Å². The van der Waals surface area contributed by atoms with E-state index in [1.165, 1.54) is 5.56 Å². The SMILES string of the molecule is CCC1OCOCC1OCc1ccccc1. The van der Waals surface area contributed by atoms with Gasteiger partial charge < -0.3 is 14.2 Å². The van der Waals surface area contributed by atoms with Crippen molar-refractivity contribution < 1.29 is 14.2 Å². The van der Waals surface area contributed by atoms with Gasteiger partial charge in [0.2, 0.25) is 0 Å². The molecule has 2 unspecified atom stereocenters. The van der Waals surface area contributed by atoms with Crippen LogP contribution in [0.25, 0.3) is 0 Å². The maximum absolute atomic E-state index is 5.82. The molecule has 2 atom stereocenters. The predicted molar refractivity (Wildman–Crippen MR) is 61.0 cm³/mol. The molecule has 0 aromatic heterocycles. The summed E-state index contributed by atoms with van der Waals surface area (Å²) in [5.41, 5.74) is 1.18. The van der Waals surface area contributed by atoms with Crippen molar-refractivity contribution in [2.75, 3.05) is 13.4 Å². The lowest BCUT2D eigenvalue weighted by Crippen LogP contribution is -2.40. The van der Waals surface area contributed by atoms with Gasteiger partial charge in [0.05, 0.1) is 19.3 Å². The van der Waals surface area contributed by atoms with Gasteiger partial charge in [-0.3, -0.25) is 0 Å². The van der Waals surface area contributed by atoms with Gasteiger partial charge in [-0.1, -0.05) is 37.3 Å². The molecule has 0 radical (unpaired) electrons. The topological polar surface area (TPSA) is 27.7 Å². The monoisotopic (exact) mass is 222 g/mol. The van der Waals surface area contributed by atoms with Gasteiger partial charge in [0.15, 0.2) is 0 Å². The predicted octanol–water partition coefficient (Wildman–Crippen LogP) is 2.35. The molecule has 1 fully saturated rings. The standard InChI is InChI=1S/C13H18O3/c1-2-12-13(9-14-10-16-12)15-8-11-6-4-3-5-7-11/h3-7,12-13H,2,8-10H2,1H3. The number of hydrogen-bond acceptors (Lipinski definition) is 3. The zero-order valence-corrected chi connectivity index (χ0v) is 9.59. The van der Waals surface area contributed by atoms with Gasteiger partial charge in [-0.2, -0.15) is 0 Å². The first kappa shape index (κ1) is 11.6. The Labute approximate surface area is 96.3 Å². The minimum Gasteiger partial charge on any atom is -0.368 e. The third-order valence-corrected chi connectivity index (χ3v) is 2.77. The first-order chi connectivity index (χ1) is 7.90. The van der Waals surface area contributed by atoms with Crippen LogP contribution in [0.2, 0.25) is 0 Å². The Bertz CT molecular complexity index is 299. The Morgan fingerprint density at radius 3 is 2.88 bits per heavy atom. The highest BCUT2D eigenvalue weighted by molar-refractivity contribution is 5.13. The van der Waals surface area contributed by atoms with E-state index < -0.39 is 0 Å². The summed E-state index contributed by atoms with van der Waals surface area (Å²) in [7, 11) is 0. The van der Waals surface area contributed by atoms with Gasteiger partial charge >= 0.3 is 0 Å². The lowest BCUT2D eigenvalue weighted by atomic mass is 10.1. The quantitative estimate of drug-likeness (QED) is 0.782. The largest absolute Gasteiger partial charge is 0.368 e. The van der Waals surface area contributed by atoms with Crippen LogP contribution in [0.15, 0.2) is 30.3 Å². The number of ether oxygens (including phenoxy) is 3. The second-order valence-corrected chi connectivity index (χ2v) is 3.94. The van der Waals surface area contributed by atoms with Crippen LogP contribution in [0.5, 0.6) is 0 Å². The zero-order chi connectivity index (χ0) is 11.2. The Morgan fingerprint density at radius 1 is 1.31 bits per heavy atom. The highest BCUT2D eigenvalue weighted by Crippen LogP contribution is 2.15. The molecule has 2 rings (SSSR count). The van der Waals surface area contributed by atoms with Gasteiger partial charge in [-0.15, -0.1) is 0 Å². The molecule has 1 aliphatic heterocycles. The summed E-state index contributed by atoms with van der Waals surface area (Å²) in [6.07, 6.45) is 1.18. The second kappa shape index (κ2) is 5.99. The highest BCUT2D eigenvalue weighted by Gasteiger charge is 2.25. The van der Waals surface area contributed by atoms with Crippen molar-refractivity contribution in [3.63, 3.8) is 0 Å². The Hall–Kier alpha value is -0.900. The van der Waals surface area contributed by atoms with Crippen LogP contribution in [0.4, 0.5) is 0 Å². The molecule has 0 N–H and O–H groups in total. The normalized spacial score (nSPS) is 25.6. The van der Waals surface area contributed by atoms with Gasteiger partial charge in [0, 0.05) is 0 Å². The molecular formula is C13H18O3. The third kappa shape index (κ3) is 3.04. The van der Waals surface area contributed by atoms with Crippen LogP contribution in [0, 0.1) is 0 Å². The van der Waals surface area contributed by atoms with Gasteiger partial charge in [0.25, 0.3) is 0 Å². The maximum Gasteiger partial charge on any atom is 0.147 e. The third-order valence-electron chi connectivity index (χ3n) is 2.77. The first-order valence-corrected chi connectivity index (χ1v) is 5.75. The van der Waals surface area contributed by atoms with E-state index in [4.69, 9.17) is 14.2 Å². The fourth-order valence-electron chi connectivity index (χ4n) is 1.83. The van der Waals surface area contributed by atoms with E-state index in [2.05, 4.69) is 19.1 Å². The Morgan fingerprint density at radius 2 is 2.12 bits per heavy atom.